The first-order valence-electron chi connectivity index (χ1n) is 6.12. The summed E-state index contributed by atoms with van der Waals surface area (Å²) in [6.45, 7) is 3.03. The fourth-order valence-electron chi connectivity index (χ4n) is 2.36. The van der Waals surface area contributed by atoms with Gasteiger partial charge in [-0.3, -0.25) is 4.79 Å². The molecule has 0 aromatic heterocycles. The van der Waals surface area contributed by atoms with Crippen molar-refractivity contribution in [2.24, 2.45) is 5.92 Å². The van der Waals surface area contributed by atoms with Gasteiger partial charge in [0.15, 0.2) is 0 Å². The lowest BCUT2D eigenvalue weighted by Gasteiger charge is -2.33. The Balaban J connectivity index is 1.93. The molecule has 0 saturated carbocycles. The first-order chi connectivity index (χ1) is 8.33. The van der Waals surface area contributed by atoms with E-state index in [4.69, 9.17) is 4.74 Å². The van der Waals surface area contributed by atoms with Gasteiger partial charge < -0.3 is 9.64 Å². The minimum Gasteiger partial charge on any atom is -0.384 e. The van der Waals surface area contributed by atoms with Crippen LogP contribution in [0.2, 0.25) is 0 Å². The number of carbonyl (C=O) groups excluding carboxylic acids is 1. The highest BCUT2D eigenvalue weighted by molar-refractivity contribution is 5.75. The average Bonchev–Trinajstić information content (AvgIpc) is 2.40. The Labute approximate surface area is 102 Å². The molecule has 1 aliphatic heterocycles. The molecule has 0 aliphatic carbocycles. The van der Waals surface area contributed by atoms with E-state index in [9.17, 15) is 4.79 Å². The zero-order valence-corrected chi connectivity index (χ0v) is 10.3. The van der Waals surface area contributed by atoms with Crippen molar-refractivity contribution in [3.8, 4) is 0 Å². The van der Waals surface area contributed by atoms with Gasteiger partial charge >= 0.3 is 0 Å². The SMILES string of the molecule is COCC1CCN(c2ccc(C=O)cc2)CC1. The molecule has 92 valence electrons. The first kappa shape index (κ1) is 12.1. The van der Waals surface area contributed by atoms with Crippen molar-refractivity contribution in [3.63, 3.8) is 0 Å². The van der Waals surface area contributed by atoms with Crippen molar-refractivity contribution in [2.45, 2.75) is 12.8 Å². The molecule has 0 spiro atoms. The quantitative estimate of drug-likeness (QED) is 0.748. The molecule has 17 heavy (non-hydrogen) atoms. The van der Waals surface area contributed by atoms with Gasteiger partial charge in [0, 0.05) is 38.1 Å². The lowest BCUT2D eigenvalue weighted by Crippen LogP contribution is -2.34. The summed E-state index contributed by atoms with van der Waals surface area (Å²) in [6.07, 6.45) is 3.25. The Kier molecular flexibility index (Phi) is 4.15. The van der Waals surface area contributed by atoms with Crippen molar-refractivity contribution in [3.05, 3.63) is 29.8 Å². The van der Waals surface area contributed by atoms with Crippen LogP contribution in [0, 0.1) is 5.92 Å². The molecule has 1 saturated heterocycles. The number of nitrogens with zero attached hydrogens (tertiary/aromatic N) is 1. The normalized spacial score (nSPS) is 17.1. The van der Waals surface area contributed by atoms with Crippen LogP contribution >= 0.6 is 0 Å². The smallest absolute Gasteiger partial charge is 0.150 e. The van der Waals surface area contributed by atoms with E-state index in [1.807, 2.05) is 24.3 Å². The van der Waals surface area contributed by atoms with Crippen molar-refractivity contribution < 1.29 is 9.53 Å². The summed E-state index contributed by atoms with van der Waals surface area (Å²) in [7, 11) is 1.77. The minimum absolute atomic E-state index is 0.700. The van der Waals surface area contributed by atoms with E-state index in [2.05, 4.69) is 4.90 Å². The molecule has 0 N–H and O–H groups in total. The number of benzene rings is 1. The third-order valence-electron chi connectivity index (χ3n) is 3.41. The Hall–Kier alpha value is -1.35. The van der Waals surface area contributed by atoms with Crippen LogP contribution < -0.4 is 4.90 Å². The van der Waals surface area contributed by atoms with Crippen molar-refractivity contribution in [2.75, 3.05) is 31.7 Å². The summed E-state index contributed by atoms with van der Waals surface area (Å²) in [5.74, 6) is 0.700. The number of methoxy groups -OCH3 is 1. The zero-order chi connectivity index (χ0) is 12.1. The second-order valence-corrected chi connectivity index (χ2v) is 4.60. The lowest BCUT2D eigenvalue weighted by atomic mass is 9.97. The molecule has 2 rings (SSSR count). The van der Waals surface area contributed by atoms with Gasteiger partial charge in [-0.05, 0) is 43.0 Å². The van der Waals surface area contributed by atoms with E-state index in [0.29, 0.717) is 5.92 Å². The molecule has 0 amide bonds. The van der Waals surface area contributed by atoms with E-state index < -0.39 is 0 Å². The number of rotatable bonds is 4. The zero-order valence-electron chi connectivity index (χ0n) is 10.3. The summed E-state index contributed by atoms with van der Waals surface area (Å²) >= 11 is 0. The van der Waals surface area contributed by atoms with Crippen molar-refractivity contribution in [1.29, 1.82) is 0 Å². The third-order valence-corrected chi connectivity index (χ3v) is 3.41. The minimum atomic E-state index is 0.700. The van der Waals surface area contributed by atoms with E-state index in [0.717, 1.165) is 31.5 Å². The second-order valence-electron chi connectivity index (χ2n) is 4.60. The molecule has 3 heteroatoms. The fourth-order valence-corrected chi connectivity index (χ4v) is 2.36. The van der Waals surface area contributed by atoms with Crippen molar-refractivity contribution >= 4 is 12.0 Å². The van der Waals surface area contributed by atoms with E-state index >= 15 is 0 Å². The second kappa shape index (κ2) is 5.82. The number of ether oxygens (including phenoxy) is 1. The molecule has 1 aromatic rings. The van der Waals surface area contributed by atoms with Crippen LogP contribution in [0.5, 0.6) is 0 Å². The third kappa shape index (κ3) is 3.07. The highest BCUT2D eigenvalue weighted by atomic mass is 16.5. The maximum absolute atomic E-state index is 10.6. The number of piperidine rings is 1. The molecular formula is C14H19NO2. The molecule has 0 radical (unpaired) electrons. The van der Waals surface area contributed by atoms with Gasteiger partial charge in [-0.2, -0.15) is 0 Å². The Morgan fingerprint density at radius 1 is 1.29 bits per heavy atom. The predicted molar refractivity (Wildman–Crippen MR) is 68.6 cm³/mol. The summed E-state index contributed by atoms with van der Waals surface area (Å²) in [6, 6.07) is 7.81. The first-order valence-corrected chi connectivity index (χ1v) is 6.12. The maximum atomic E-state index is 10.6. The molecule has 0 atom stereocenters. The Morgan fingerprint density at radius 3 is 2.47 bits per heavy atom. The summed E-state index contributed by atoms with van der Waals surface area (Å²) < 4.78 is 5.20. The number of anilines is 1. The number of carbonyl (C=O) groups is 1. The van der Waals surface area contributed by atoms with Crippen LogP contribution in [-0.4, -0.2) is 33.1 Å². The topological polar surface area (TPSA) is 29.5 Å². The summed E-state index contributed by atoms with van der Waals surface area (Å²) in [5.41, 5.74) is 1.95. The van der Waals surface area contributed by atoms with Gasteiger partial charge in [-0.1, -0.05) is 0 Å². The van der Waals surface area contributed by atoms with Gasteiger partial charge in [0.1, 0.15) is 6.29 Å². The Morgan fingerprint density at radius 2 is 1.94 bits per heavy atom. The fraction of sp³-hybridized carbons (Fsp3) is 0.500. The maximum Gasteiger partial charge on any atom is 0.150 e. The Bertz CT molecular complexity index is 353. The van der Waals surface area contributed by atoms with Gasteiger partial charge in [-0.25, -0.2) is 0 Å². The van der Waals surface area contributed by atoms with Gasteiger partial charge in [0.05, 0.1) is 0 Å². The molecule has 1 aromatic carbocycles. The van der Waals surface area contributed by atoms with E-state index in [1.54, 1.807) is 7.11 Å². The van der Waals surface area contributed by atoms with Gasteiger partial charge in [0.25, 0.3) is 0 Å². The molecule has 1 heterocycles. The number of hydrogen-bond acceptors (Lipinski definition) is 3. The molecule has 1 aliphatic rings. The van der Waals surface area contributed by atoms with Crippen LogP contribution in [0.3, 0.4) is 0 Å². The van der Waals surface area contributed by atoms with E-state index in [-0.39, 0.29) is 0 Å². The molecular weight excluding hydrogens is 214 g/mol. The predicted octanol–water partition coefficient (Wildman–Crippen LogP) is 2.36. The monoisotopic (exact) mass is 233 g/mol. The lowest BCUT2D eigenvalue weighted by molar-refractivity contribution is 0.112. The summed E-state index contributed by atoms with van der Waals surface area (Å²) in [4.78, 5) is 13.0. The number of aldehydes is 1. The highest BCUT2D eigenvalue weighted by Gasteiger charge is 2.18. The average molecular weight is 233 g/mol. The van der Waals surface area contributed by atoms with E-state index in [1.165, 1.54) is 18.5 Å². The molecule has 0 unspecified atom stereocenters. The van der Waals surface area contributed by atoms with Crippen LogP contribution in [-0.2, 0) is 4.74 Å². The van der Waals surface area contributed by atoms with Crippen LogP contribution in [0.4, 0.5) is 5.69 Å². The largest absolute Gasteiger partial charge is 0.384 e. The summed E-state index contributed by atoms with van der Waals surface area (Å²) in [5, 5.41) is 0. The molecule has 3 nitrogen and oxygen atoms in total. The van der Waals surface area contributed by atoms with Crippen LogP contribution in [0.25, 0.3) is 0 Å². The van der Waals surface area contributed by atoms with Gasteiger partial charge in [-0.15, -0.1) is 0 Å². The van der Waals surface area contributed by atoms with Crippen molar-refractivity contribution in [1.82, 2.24) is 0 Å². The molecule has 1 fully saturated rings. The highest BCUT2D eigenvalue weighted by Crippen LogP contribution is 2.23. The number of hydrogen-bond donors (Lipinski definition) is 0. The van der Waals surface area contributed by atoms with Crippen LogP contribution in [0.1, 0.15) is 23.2 Å². The van der Waals surface area contributed by atoms with Gasteiger partial charge in [0.2, 0.25) is 0 Å². The van der Waals surface area contributed by atoms with Crippen LogP contribution in [0.15, 0.2) is 24.3 Å². The standard InChI is InChI=1S/C14H19NO2/c1-17-11-13-6-8-15(9-7-13)14-4-2-12(10-16)3-5-14/h2-5,10,13H,6-9,11H2,1H3. The molecule has 0 bridgehead atoms.